The third-order valence-corrected chi connectivity index (χ3v) is 1.92. The zero-order valence-corrected chi connectivity index (χ0v) is 10.9. The first-order valence-corrected chi connectivity index (χ1v) is 5.79. The summed E-state index contributed by atoms with van der Waals surface area (Å²) in [5, 5.41) is 0.536. The summed E-state index contributed by atoms with van der Waals surface area (Å²) in [5.41, 5.74) is 0. The second kappa shape index (κ2) is 6.23. The van der Waals surface area contributed by atoms with Gasteiger partial charge in [-0.2, -0.15) is 0 Å². The van der Waals surface area contributed by atoms with Crippen molar-refractivity contribution in [3.05, 3.63) is 29.3 Å². The first-order chi connectivity index (χ1) is 6.70. The predicted molar refractivity (Wildman–Crippen MR) is 62.6 cm³/mol. The van der Waals surface area contributed by atoms with Crippen molar-refractivity contribution in [2.75, 3.05) is 28.2 Å². The Morgan fingerprint density at radius 2 is 1.47 bits per heavy atom. The minimum Gasteiger partial charge on any atom is -0.768 e. The molecule has 1 aromatic rings. The summed E-state index contributed by atoms with van der Waals surface area (Å²) in [6.07, 6.45) is 0. The summed E-state index contributed by atoms with van der Waals surface area (Å²) in [4.78, 5) is 0.254. The highest BCUT2D eigenvalue weighted by molar-refractivity contribution is 7.79. The van der Waals surface area contributed by atoms with Gasteiger partial charge in [0.25, 0.3) is 0 Å². The van der Waals surface area contributed by atoms with E-state index in [2.05, 4.69) is 28.2 Å². The van der Waals surface area contributed by atoms with Crippen molar-refractivity contribution in [1.82, 2.24) is 0 Å². The molecule has 0 N–H and O–H groups in total. The molecule has 0 aliphatic rings. The highest BCUT2D eigenvalue weighted by Gasteiger charge is 1.90. The van der Waals surface area contributed by atoms with Crippen LogP contribution in [0.25, 0.3) is 0 Å². The molecule has 3 nitrogen and oxygen atoms in total. The third kappa shape index (κ3) is 9.87. The van der Waals surface area contributed by atoms with Gasteiger partial charge in [-0.1, -0.05) is 11.6 Å². The van der Waals surface area contributed by atoms with Gasteiger partial charge in [-0.15, -0.1) is 0 Å². The van der Waals surface area contributed by atoms with Gasteiger partial charge in [-0.25, -0.2) is 0 Å². The average molecular weight is 250 g/mol. The van der Waals surface area contributed by atoms with Crippen LogP contribution in [0.1, 0.15) is 0 Å². The number of rotatable bonds is 1. The molecule has 0 aromatic heterocycles. The topological polar surface area (TPSA) is 40.1 Å². The van der Waals surface area contributed by atoms with Gasteiger partial charge in [0.15, 0.2) is 0 Å². The van der Waals surface area contributed by atoms with E-state index in [-0.39, 0.29) is 4.90 Å². The van der Waals surface area contributed by atoms with Crippen LogP contribution in [0.3, 0.4) is 0 Å². The van der Waals surface area contributed by atoms with Crippen LogP contribution in [0, 0.1) is 0 Å². The van der Waals surface area contributed by atoms with Crippen molar-refractivity contribution in [2.24, 2.45) is 0 Å². The molecule has 1 atom stereocenters. The monoisotopic (exact) mass is 249 g/mol. The van der Waals surface area contributed by atoms with E-state index in [9.17, 15) is 8.76 Å². The molecule has 0 aliphatic carbocycles. The lowest BCUT2D eigenvalue weighted by atomic mass is 10.4. The predicted octanol–water partition coefficient (Wildman–Crippen LogP) is 1.90. The minimum atomic E-state index is -2.15. The minimum absolute atomic E-state index is 0.254. The van der Waals surface area contributed by atoms with Crippen LogP contribution in [0.2, 0.25) is 5.02 Å². The highest BCUT2D eigenvalue weighted by atomic mass is 35.5. The third-order valence-electron chi connectivity index (χ3n) is 1.01. The van der Waals surface area contributed by atoms with Gasteiger partial charge in [0.2, 0.25) is 0 Å². The molecule has 1 rings (SSSR count). The Kier molecular flexibility index (Phi) is 6.05. The van der Waals surface area contributed by atoms with E-state index in [4.69, 9.17) is 11.6 Å². The number of benzene rings is 1. The second-order valence-corrected chi connectivity index (χ2v) is 5.75. The highest BCUT2D eigenvalue weighted by Crippen LogP contribution is 2.10. The maximum absolute atomic E-state index is 10.3. The van der Waals surface area contributed by atoms with Crippen molar-refractivity contribution in [2.45, 2.75) is 4.90 Å². The van der Waals surface area contributed by atoms with Crippen molar-refractivity contribution in [1.29, 1.82) is 0 Å². The second-order valence-electron chi connectivity index (χ2n) is 4.37. The van der Waals surface area contributed by atoms with Crippen LogP contribution < -0.4 is 0 Å². The summed E-state index contributed by atoms with van der Waals surface area (Å²) in [6.45, 7) is 0. The maximum atomic E-state index is 10.3. The molecular formula is C10H16ClNO2S. The molecule has 1 aromatic carbocycles. The van der Waals surface area contributed by atoms with Gasteiger partial charge in [0.1, 0.15) is 0 Å². The van der Waals surface area contributed by atoms with Crippen molar-refractivity contribution in [3.63, 3.8) is 0 Å². The molecule has 0 saturated carbocycles. The summed E-state index contributed by atoms with van der Waals surface area (Å²) in [6, 6.07) is 5.97. The van der Waals surface area contributed by atoms with E-state index in [0.29, 0.717) is 5.02 Å². The van der Waals surface area contributed by atoms with E-state index in [1.165, 1.54) is 24.3 Å². The summed E-state index contributed by atoms with van der Waals surface area (Å²) in [7, 11) is 8.50. The SMILES string of the molecule is C[N+](C)(C)C.O=S([O-])c1ccc(Cl)cc1. The summed E-state index contributed by atoms with van der Waals surface area (Å²) >= 11 is 3.37. The van der Waals surface area contributed by atoms with E-state index >= 15 is 0 Å². The Morgan fingerprint density at radius 1 is 1.13 bits per heavy atom. The quantitative estimate of drug-likeness (QED) is 0.563. The summed E-state index contributed by atoms with van der Waals surface area (Å²) in [5.74, 6) is 0. The maximum Gasteiger partial charge on any atom is 0.0675 e. The number of hydrogen-bond donors (Lipinski definition) is 0. The lowest BCUT2D eigenvalue weighted by Crippen LogP contribution is -2.27. The molecule has 1 unspecified atom stereocenters. The number of nitrogens with zero attached hydrogens (tertiary/aromatic N) is 1. The van der Waals surface area contributed by atoms with Gasteiger partial charge in [0.05, 0.1) is 28.2 Å². The van der Waals surface area contributed by atoms with E-state index in [1.54, 1.807) is 0 Å². The average Bonchev–Trinajstić information content (AvgIpc) is 2.01. The van der Waals surface area contributed by atoms with Crippen LogP contribution >= 0.6 is 11.6 Å². The summed E-state index contributed by atoms with van der Waals surface area (Å²) < 4.78 is 21.5. The zero-order valence-electron chi connectivity index (χ0n) is 9.36. The Hall–Kier alpha value is -0.420. The standard InChI is InChI=1S/C6H5ClO2S.C4H12N/c7-5-1-3-6(4-2-5)10(8)9;1-5(2,3)4/h1-4H,(H,8,9);1-4H3/q;+1/p-1. The fourth-order valence-corrected chi connectivity index (χ4v) is 1.03. The molecule has 0 aliphatic heterocycles. The fourth-order valence-electron chi connectivity index (χ4n) is 0.546. The molecular weight excluding hydrogens is 234 g/mol. The van der Waals surface area contributed by atoms with E-state index in [0.717, 1.165) is 4.48 Å². The van der Waals surface area contributed by atoms with Crippen molar-refractivity contribution >= 4 is 22.7 Å². The smallest absolute Gasteiger partial charge is 0.0675 e. The molecule has 0 heterocycles. The zero-order chi connectivity index (χ0) is 12.1. The van der Waals surface area contributed by atoms with Crippen LogP contribution in [0.15, 0.2) is 29.2 Å². The number of halogens is 1. The van der Waals surface area contributed by atoms with Gasteiger partial charge < -0.3 is 9.04 Å². The first kappa shape index (κ1) is 14.6. The first-order valence-electron chi connectivity index (χ1n) is 4.34. The Bertz CT molecular complexity index is 313. The normalized spacial score (nSPS) is 12.7. The molecule has 0 fully saturated rings. The van der Waals surface area contributed by atoms with Crippen molar-refractivity contribution in [3.8, 4) is 0 Å². The van der Waals surface area contributed by atoms with Gasteiger partial charge in [-0.3, -0.25) is 4.21 Å². The Labute approximate surface area is 98.5 Å². The van der Waals surface area contributed by atoms with E-state index < -0.39 is 11.1 Å². The molecule has 86 valence electrons. The lowest BCUT2D eigenvalue weighted by molar-refractivity contribution is -0.849. The Balaban J connectivity index is 0.000000336. The largest absolute Gasteiger partial charge is 0.768 e. The molecule has 5 heteroatoms. The molecule has 0 saturated heterocycles. The number of quaternary nitrogens is 1. The fraction of sp³-hybridized carbons (Fsp3) is 0.400. The van der Waals surface area contributed by atoms with Crippen molar-refractivity contribution < 1.29 is 13.2 Å². The Morgan fingerprint density at radius 3 is 1.73 bits per heavy atom. The molecule has 15 heavy (non-hydrogen) atoms. The van der Waals surface area contributed by atoms with E-state index in [1.807, 2.05) is 0 Å². The molecule has 0 spiro atoms. The molecule has 0 radical (unpaired) electrons. The van der Waals surface area contributed by atoms with Gasteiger partial charge in [0, 0.05) is 9.92 Å². The van der Waals surface area contributed by atoms with Crippen LogP contribution in [-0.4, -0.2) is 41.4 Å². The molecule has 0 bridgehead atoms. The van der Waals surface area contributed by atoms with Crippen LogP contribution in [0.5, 0.6) is 0 Å². The molecule has 0 amide bonds. The van der Waals surface area contributed by atoms with Gasteiger partial charge in [-0.05, 0) is 35.3 Å². The van der Waals surface area contributed by atoms with Crippen LogP contribution in [-0.2, 0) is 11.1 Å². The van der Waals surface area contributed by atoms with Gasteiger partial charge >= 0.3 is 0 Å². The van der Waals surface area contributed by atoms with Crippen LogP contribution in [0.4, 0.5) is 0 Å². The number of hydrogen-bond acceptors (Lipinski definition) is 2. The lowest BCUT2D eigenvalue weighted by Gasteiger charge is -2.14.